The topological polar surface area (TPSA) is 45.5 Å². The Balaban J connectivity index is 1.61. The SMILES string of the molecule is CC(C)(C)n1ccc(C(=O)N2CCC(Cc3ccc(O)cc3)C2)c1. The predicted octanol–water partition coefficient (Wildman–Crippen LogP) is 3.65. The number of phenols is 1. The molecule has 0 aliphatic carbocycles. The van der Waals surface area contributed by atoms with Crippen LogP contribution in [-0.2, 0) is 12.0 Å². The number of hydrogen-bond donors (Lipinski definition) is 1. The monoisotopic (exact) mass is 326 g/mol. The van der Waals surface area contributed by atoms with Crippen LogP contribution in [0.4, 0.5) is 0 Å². The molecule has 1 aromatic carbocycles. The van der Waals surface area contributed by atoms with Gasteiger partial charge in [0, 0.05) is 31.0 Å². The molecule has 1 aromatic heterocycles. The lowest BCUT2D eigenvalue weighted by Crippen LogP contribution is -2.29. The summed E-state index contributed by atoms with van der Waals surface area (Å²) in [6.45, 7) is 8.02. The van der Waals surface area contributed by atoms with Crippen LogP contribution < -0.4 is 0 Å². The number of phenolic OH excluding ortho intramolecular Hbond substituents is 1. The number of amides is 1. The van der Waals surface area contributed by atoms with Gasteiger partial charge in [0.2, 0.25) is 0 Å². The molecule has 1 fully saturated rings. The molecule has 0 radical (unpaired) electrons. The highest BCUT2D eigenvalue weighted by molar-refractivity contribution is 5.94. The Morgan fingerprint density at radius 1 is 1.21 bits per heavy atom. The molecule has 1 saturated heterocycles. The zero-order valence-corrected chi connectivity index (χ0v) is 14.7. The van der Waals surface area contributed by atoms with Gasteiger partial charge >= 0.3 is 0 Å². The summed E-state index contributed by atoms with van der Waals surface area (Å²) in [7, 11) is 0. The fourth-order valence-electron chi connectivity index (χ4n) is 3.27. The van der Waals surface area contributed by atoms with Gasteiger partial charge in [-0.1, -0.05) is 12.1 Å². The maximum absolute atomic E-state index is 12.7. The van der Waals surface area contributed by atoms with Crippen molar-refractivity contribution in [3.05, 3.63) is 53.9 Å². The molecule has 1 unspecified atom stereocenters. The van der Waals surface area contributed by atoms with E-state index in [2.05, 4.69) is 25.3 Å². The lowest BCUT2D eigenvalue weighted by molar-refractivity contribution is 0.0787. The van der Waals surface area contributed by atoms with Gasteiger partial charge < -0.3 is 14.6 Å². The molecule has 128 valence electrons. The van der Waals surface area contributed by atoms with E-state index >= 15 is 0 Å². The molecule has 0 spiro atoms. The largest absolute Gasteiger partial charge is 0.508 e. The molecule has 2 heterocycles. The van der Waals surface area contributed by atoms with Gasteiger partial charge in [0.05, 0.1) is 5.56 Å². The molecule has 0 saturated carbocycles. The Morgan fingerprint density at radius 3 is 2.54 bits per heavy atom. The summed E-state index contributed by atoms with van der Waals surface area (Å²) in [5.41, 5.74) is 1.98. The number of aromatic hydroxyl groups is 1. The van der Waals surface area contributed by atoms with E-state index < -0.39 is 0 Å². The lowest BCUT2D eigenvalue weighted by atomic mass is 9.99. The van der Waals surface area contributed by atoms with Crippen LogP contribution in [0.25, 0.3) is 0 Å². The number of hydrogen-bond acceptors (Lipinski definition) is 2. The summed E-state index contributed by atoms with van der Waals surface area (Å²) < 4.78 is 2.09. The fraction of sp³-hybridized carbons (Fsp3) is 0.450. The molecular formula is C20H26N2O2. The summed E-state index contributed by atoms with van der Waals surface area (Å²) >= 11 is 0. The second kappa shape index (κ2) is 6.34. The molecule has 2 aromatic rings. The van der Waals surface area contributed by atoms with Crippen molar-refractivity contribution < 1.29 is 9.90 Å². The first-order chi connectivity index (χ1) is 11.3. The third-order valence-electron chi connectivity index (χ3n) is 4.75. The molecule has 1 aliphatic rings. The van der Waals surface area contributed by atoms with Crippen LogP contribution in [0.15, 0.2) is 42.7 Å². The van der Waals surface area contributed by atoms with Gasteiger partial charge in [0.15, 0.2) is 0 Å². The van der Waals surface area contributed by atoms with E-state index in [1.807, 2.05) is 35.5 Å². The Kier molecular flexibility index (Phi) is 4.39. The smallest absolute Gasteiger partial charge is 0.255 e. The van der Waals surface area contributed by atoms with E-state index in [-0.39, 0.29) is 11.4 Å². The number of carbonyl (C=O) groups excluding carboxylic acids is 1. The summed E-state index contributed by atoms with van der Waals surface area (Å²) in [5.74, 6) is 0.916. The predicted molar refractivity (Wildman–Crippen MR) is 95.2 cm³/mol. The first-order valence-electron chi connectivity index (χ1n) is 8.58. The van der Waals surface area contributed by atoms with Gasteiger partial charge in [-0.25, -0.2) is 0 Å². The van der Waals surface area contributed by atoms with E-state index in [0.717, 1.165) is 31.5 Å². The Morgan fingerprint density at radius 2 is 1.92 bits per heavy atom. The number of carbonyl (C=O) groups is 1. The van der Waals surface area contributed by atoms with Gasteiger partial charge in [0.25, 0.3) is 5.91 Å². The minimum atomic E-state index is -0.00898. The molecule has 1 N–H and O–H groups in total. The first-order valence-corrected chi connectivity index (χ1v) is 8.58. The van der Waals surface area contributed by atoms with Crippen molar-refractivity contribution in [2.45, 2.75) is 39.2 Å². The van der Waals surface area contributed by atoms with Gasteiger partial charge in [-0.15, -0.1) is 0 Å². The lowest BCUT2D eigenvalue weighted by Gasteiger charge is -2.21. The van der Waals surface area contributed by atoms with Crippen LogP contribution in [-0.4, -0.2) is 33.6 Å². The fourth-order valence-corrected chi connectivity index (χ4v) is 3.27. The molecule has 24 heavy (non-hydrogen) atoms. The van der Waals surface area contributed by atoms with Crippen molar-refractivity contribution in [3.8, 4) is 5.75 Å². The van der Waals surface area contributed by atoms with Crippen molar-refractivity contribution in [1.29, 1.82) is 0 Å². The molecule has 1 aliphatic heterocycles. The van der Waals surface area contributed by atoms with Crippen molar-refractivity contribution in [2.24, 2.45) is 5.92 Å². The Bertz CT molecular complexity index is 710. The molecular weight excluding hydrogens is 300 g/mol. The second-order valence-corrected chi connectivity index (χ2v) is 7.75. The highest BCUT2D eigenvalue weighted by atomic mass is 16.3. The molecule has 1 amide bonds. The Hall–Kier alpha value is -2.23. The van der Waals surface area contributed by atoms with Gasteiger partial charge in [-0.05, 0) is 63.3 Å². The first kappa shape index (κ1) is 16.6. The van der Waals surface area contributed by atoms with Crippen LogP contribution in [0.1, 0.15) is 43.1 Å². The zero-order chi connectivity index (χ0) is 17.3. The van der Waals surface area contributed by atoms with Gasteiger partial charge in [0.1, 0.15) is 5.75 Å². The van der Waals surface area contributed by atoms with E-state index in [1.54, 1.807) is 12.1 Å². The van der Waals surface area contributed by atoms with Crippen molar-refractivity contribution in [1.82, 2.24) is 9.47 Å². The highest BCUT2D eigenvalue weighted by Gasteiger charge is 2.28. The minimum absolute atomic E-state index is 0.00898. The summed E-state index contributed by atoms with van der Waals surface area (Å²) in [6, 6.07) is 9.29. The summed E-state index contributed by atoms with van der Waals surface area (Å²) in [4.78, 5) is 14.7. The van der Waals surface area contributed by atoms with E-state index in [0.29, 0.717) is 11.7 Å². The second-order valence-electron chi connectivity index (χ2n) is 7.75. The van der Waals surface area contributed by atoms with Crippen molar-refractivity contribution in [3.63, 3.8) is 0 Å². The third kappa shape index (κ3) is 3.64. The average Bonchev–Trinajstić information content (AvgIpc) is 3.18. The van der Waals surface area contributed by atoms with E-state index in [4.69, 9.17) is 0 Å². The quantitative estimate of drug-likeness (QED) is 0.936. The number of benzene rings is 1. The number of nitrogens with zero attached hydrogens (tertiary/aromatic N) is 2. The summed E-state index contributed by atoms with van der Waals surface area (Å²) in [6.07, 6.45) is 5.92. The molecule has 4 heteroatoms. The standard InChI is InChI=1S/C20H26N2O2/c1-20(2,3)22-11-9-17(14-22)19(24)21-10-8-16(13-21)12-15-4-6-18(23)7-5-15/h4-7,9,11,14,16,23H,8,10,12-13H2,1-3H3. The van der Waals surface area contributed by atoms with Gasteiger partial charge in [-0.3, -0.25) is 4.79 Å². The maximum atomic E-state index is 12.7. The molecule has 0 bridgehead atoms. The maximum Gasteiger partial charge on any atom is 0.255 e. The van der Waals surface area contributed by atoms with Crippen LogP contribution in [0.2, 0.25) is 0 Å². The number of rotatable bonds is 3. The normalized spacial score (nSPS) is 18.1. The van der Waals surface area contributed by atoms with Crippen molar-refractivity contribution >= 4 is 5.91 Å². The van der Waals surface area contributed by atoms with E-state index in [1.165, 1.54) is 5.56 Å². The minimum Gasteiger partial charge on any atom is -0.508 e. The molecule has 4 nitrogen and oxygen atoms in total. The van der Waals surface area contributed by atoms with Crippen LogP contribution in [0.3, 0.4) is 0 Å². The number of likely N-dealkylation sites (tertiary alicyclic amines) is 1. The van der Waals surface area contributed by atoms with Gasteiger partial charge in [-0.2, -0.15) is 0 Å². The Labute approximate surface area is 143 Å². The third-order valence-corrected chi connectivity index (χ3v) is 4.75. The molecule has 3 rings (SSSR count). The average molecular weight is 326 g/mol. The zero-order valence-electron chi connectivity index (χ0n) is 14.7. The van der Waals surface area contributed by atoms with E-state index in [9.17, 15) is 9.90 Å². The van der Waals surface area contributed by atoms with Crippen molar-refractivity contribution in [2.75, 3.05) is 13.1 Å². The molecule has 1 atom stereocenters. The van der Waals surface area contributed by atoms with Crippen LogP contribution >= 0.6 is 0 Å². The van der Waals surface area contributed by atoms with Crippen LogP contribution in [0, 0.1) is 5.92 Å². The number of aromatic nitrogens is 1. The highest BCUT2D eigenvalue weighted by Crippen LogP contribution is 2.24. The van der Waals surface area contributed by atoms with Crippen LogP contribution in [0.5, 0.6) is 5.75 Å². The summed E-state index contributed by atoms with van der Waals surface area (Å²) in [5, 5.41) is 9.36.